The molecule has 2 unspecified atom stereocenters. The second-order valence-electron chi connectivity index (χ2n) is 22.1. The van der Waals surface area contributed by atoms with Crippen LogP contribution in [0.4, 0.5) is 0 Å². The van der Waals surface area contributed by atoms with E-state index in [0.717, 1.165) is 135 Å². The zero-order valence-corrected chi connectivity index (χ0v) is 53.6. The number of nitrogens with zero attached hydrogens (tertiary/aromatic N) is 1. The second kappa shape index (κ2) is 61.2. The molecule has 0 heterocycles. The van der Waals surface area contributed by atoms with Crippen LogP contribution in [0.25, 0.3) is 0 Å². The topological polar surface area (TPSA) is 108 Å². The fraction of sp³-hybridized carbons (Fsp3) is 0.611. The highest BCUT2D eigenvalue weighted by atomic mass is 31.2. The van der Waals surface area contributed by atoms with Crippen LogP contribution in [0.3, 0.4) is 0 Å². The summed E-state index contributed by atoms with van der Waals surface area (Å²) in [5.74, 6) is -0.846. The van der Waals surface area contributed by atoms with Gasteiger partial charge in [-0.15, -0.1) is 0 Å². The van der Waals surface area contributed by atoms with Gasteiger partial charge in [-0.05, 0) is 128 Å². The van der Waals surface area contributed by atoms with Crippen LogP contribution in [0.5, 0.6) is 0 Å². The third-order valence-electron chi connectivity index (χ3n) is 13.0. The molecule has 0 aliphatic carbocycles. The lowest BCUT2D eigenvalue weighted by atomic mass is 10.1. The largest absolute Gasteiger partial charge is 0.472 e. The molecule has 82 heavy (non-hydrogen) atoms. The van der Waals surface area contributed by atoms with Crippen LogP contribution in [0.1, 0.15) is 232 Å². The lowest BCUT2D eigenvalue weighted by Gasteiger charge is -2.24. The molecule has 0 saturated heterocycles. The summed E-state index contributed by atoms with van der Waals surface area (Å²) in [5.41, 5.74) is 0. The zero-order valence-electron chi connectivity index (χ0n) is 52.7. The van der Waals surface area contributed by atoms with Crippen molar-refractivity contribution in [2.75, 3.05) is 47.5 Å². The summed E-state index contributed by atoms with van der Waals surface area (Å²) in [6.45, 7) is 4.25. The molecular formula is C72H119NO8P+. The number of allylic oxidation sites excluding steroid dienone is 26. The van der Waals surface area contributed by atoms with Gasteiger partial charge in [0.2, 0.25) is 0 Å². The molecule has 0 aromatic heterocycles. The fourth-order valence-corrected chi connectivity index (χ4v) is 8.85. The van der Waals surface area contributed by atoms with E-state index in [1.807, 2.05) is 21.1 Å². The average molecular weight is 1160 g/mol. The van der Waals surface area contributed by atoms with Crippen LogP contribution >= 0.6 is 7.82 Å². The molecule has 0 fully saturated rings. The Morgan fingerprint density at radius 1 is 0.390 bits per heavy atom. The number of phosphoric ester groups is 1. The minimum Gasteiger partial charge on any atom is -0.462 e. The molecule has 0 rings (SSSR count). The van der Waals surface area contributed by atoms with E-state index in [9.17, 15) is 19.0 Å². The highest BCUT2D eigenvalue weighted by Gasteiger charge is 2.27. The van der Waals surface area contributed by atoms with Crippen molar-refractivity contribution in [1.29, 1.82) is 0 Å². The van der Waals surface area contributed by atoms with Crippen LogP contribution in [-0.2, 0) is 32.7 Å². The molecule has 0 spiro atoms. The second-order valence-corrected chi connectivity index (χ2v) is 23.5. The number of carbonyl (C=O) groups is 2. The highest BCUT2D eigenvalue weighted by molar-refractivity contribution is 7.47. The number of quaternary nitrogens is 1. The summed E-state index contributed by atoms with van der Waals surface area (Å²) in [7, 11) is 1.43. The Hall–Kier alpha value is -4.37. The Kier molecular flexibility index (Phi) is 57.9. The van der Waals surface area contributed by atoms with Gasteiger partial charge in [0.15, 0.2) is 6.10 Å². The predicted molar refractivity (Wildman–Crippen MR) is 353 cm³/mol. The molecule has 0 aromatic carbocycles. The molecule has 0 aromatic rings. The van der Waals surface area contributed by atoms with E-state index in [1.165, 1.54) is 64.2 Å². The number of unbranched alkanes of at least 4 members (excludes halogenated alkanes) is 17. The zero-order chi connectivity index (χ0) is 59.8. The van der Waals surface area contributed by atoms with Gasteiger partial charge in [-0.2, -0.15) is 0 Å². The van der Waals surface area contributed by atoms with Gasteiger partial charge in [0.25, 0.3) is 0 Å². The lowest BCUT2D eigenvalue weighted by molar-refractivity contribution is -0.870. The van der Waals surface area contributed by atoms with Crippen LogP contribution in [0, 0.1) is 0 Å². The van der Waals surface area contributed by atoms with Gasteiger partial charge in [-0.25, -0.2) is 4.57 Å². The minimum absolute atomic E-state index is 0.0159. The molecule has 2 atom stereocenters. The van der Waals surface area contributed by atoms with Crippen LogP contribution in [-0.4, -0.2) is 74.9 Å². The third kappa shape index (κ3) is 64.8. The fourth-order valence-electron chi connectivity index (χ4n) is 8.11. The first-order valence-corrected chi connectivity index (χ1v) is 33.7. The number of ether oxygens (including phenoxy) is 2. The Morgan fingerprint density at radius 2 is 0.695 bits per heavy atom. The first-order valence-electron chi connectivity index (χ1n) is 32.2. The Labute approximate surface area is 503 Å². The van der Waals surface area contributed by atoms with Crippen molar-refractivity contribution >= 4 is 19.8 Å². The van der Waals surface area contributed by atoms with Crippen LogP contribution < -0.4 is 0 Å². The van der Waals surface area contributed by atoms with Crippen molar-refractivity contribution in [2.45, 2.75) is 238 Å². The first kappa shape index (κ1) is 77.6. The van der Waals surface area contributed by atoms with Gasteiger partial charge in [0, 0.05) is 12.8 Å². The minimum atomic E-state index is -4.41. The summed E-state index contributed by atoms with van der Waals surface area (Å²) in [6.07, 6.45) is 91.8. The van der Waals surface area contributed by atoms with Crippen LogP contribution in [0.2, 0.25) is 0 Å². The number of likely N-dealkylation sites (N-methyl/N-ethyl adjacent to an activating group) is 1. The lowest BCUT2D eigenvalue weighted by Crippen LogP contribution is -2.37. The van der Waals surface area contributed by atoms with Gasteiger partial charge >= 0.3 is 19.8 Å². The molecule has 0 aliphatic rings. The van der Waals surface area contributed by atoms with Gasteiger partial charge in [-0.1, -0.05) is 249 Å². The average Bonchev–Trinajstić information content (AvgIpc) is 3.45. The molecule has 0 aliphatic heterocycles. The maximum atomic E-state index is 12.8. The molecular weight excluding hydrogens is 1040 g/mol. The van der Waals surface area contributed by atoms with Gasteiger partial charge in [0.05, 0.1) is 27.7 Å². The van der Waals surface area contributed by atoms with E-state index in [1.54, 1.807) is 0 Å². The van der Waals surface area contributed by atoms with E-state index < -0.39 is 26.5 Å². The van der Waals surface area contributed by atoms with Gasteiger partial charge in [-0.3, -0.25) is 18.6 Å². The number of rotatable bonds is 57. The summed E-state index contributed by atoms with van der Waals surface area (Å²) in [5, 5.41) is 0. The molecule has 464 valence electrons. The van der Waals surface area contributed by atoms with Gasteiger partial charge < -0.3 is 18.9 Å². The van der Waals surface area contributed by atoms with Crippen molar-refractivity contribution in [3.05, 3.63) is 158 Å². The summed E-state index contributed by atoms with van der Waals surface area (Å²) < 4.78 is 34.6. The van der Waals surface area contributed by atoms with E-state index in [4.69, 9.17) is 18.5 Å². The predicted octanol–water partition coefficient (Wildman–Crippen LogP) is 20.8. The SMILES string of the molecule is CC/C=C\C/C=C\C/C=C\C/C=C\C/C=C\C/C=C\C/C=C\C/C=C\C/C=C\C/C=C\CCCCCCC(=O)OC(COC(=O)CCCCCCCCCC/C=C\C/C=C\C/C=C\CCCCCCC)COP(=O)(O)OCC[N+](C)(C)C. The first-order chi connectivity index (χ1) is 40.0. The Balaban J connectivity index is 4.25. The smallest absolute Gasteiger partial charge is 0.462 e. The number of phosphoric acid groups is 1. The van der Waals surface area contributed by atoms with Crippen molar-refractivity contribution in [3.63, 3.8) is 0 Å². The van der Waals surface area contributed by atoms with Crippen molar-refractivity contribution < 1.29 is 42.1 Å². The molecule has 0 radical (unpaired) electrons. The van der Waals surface area contributed by atoms with E-state index in [2.05, 4.69) is 172 Å². The summed E-state index contributed by atoms with van der Waals surface area (Å²) in [6, 6.07) is 0. The van der Waals surface area contributed by atoms with Crippen molar-refractivity contribution in [2.24, 2.45) is 0 Å². The van der Waals surface area contributed by atoms with Gasteiger partial charge in [0.1, 0.15) is 19.8 Å². The summed E-state index contributed by atoms with van der Waals surface area (Å²) in [4.78, 5) is 35.8. The quantitative estimate of drug-likeness (QED) is 0.0211. The number of esters is 2. The molecule has 0 bridgehead atoms. The molecule has 0 amide bonds. The number of hydrogen-bond acceptors (Lipinski definition) is 7. The maximum Gasteiger partial charge on any atom is 0.472 e. The molecule has 0 saturated carbocycles. The standard InChI is InChI=1S/C72H118NO8P/c1-6-8-10-12-14-16-18-20-22-24-26-28-30-31-32-33-34-35-36-37-38-39-40-41-43-45-47-49-51-53-55-57-59-61-63-65-72(75)81-70(69-80-82(76,77)79-67-66-73(3,4)5)68-78-71(74)64-62-60-58-56-54-52-50-48-46-44-42-29-27-25-23-21-19-17-15-13-11-9-7-2/h8,10,14,16,19-22,25-28,31-32,34-35,37-38,40-42,44-45,47,51,53,70H,6-7,9,11-13,15,17-18,23-24,29-30,33,36,39,43,46,48-50,52,54-69H2,1-5H3/p+1/b10-8-,16-14-,21-19-,22-20-,27-25-,28-26-,32-31-,35-34-,38-37-,41-40-,44-42-,47-45-,53-51-. The normalized spacial score (nSPS) is 14.3. The Bertz CT molecular complexity index is 1940. The van der Waals surface area contributed by atoms with E-state index >= 15 is 0 Å². The third-order valence-corrected chi connectivity index (χ3v) is 14.0. The number of hydrogen-bond donors (Lipinski definition) is 1. The Morgan fingerprint density at radius 3 is 1.04 bits per heavy atom. The summed E-state index contributed by atoms with van der Waals surface area (Å²) >= 11 is 0. The van der Waals surface area contributed by atoms with E-state index in [-0.39, 0.29) is 32.0 Å². The maximum absolute atomic E-state index is 12.8. The van der Waals surface area contributed by atoms with E-state index in [0.29, 0.717) is 17.4 Å². The van der Waals surface area contributed by atoms with Crippen LogP contribution in [0.15, 0.2) is 158 Å². The van der Waals surface area contributed by atoms with Crippen molar-refractivity contribution in [1.82, 2.24) is 0 Å². The molecule has 10 heteroatoms. The molecule has 9 nitrogen and oxygen atoms in total. The van der Waals surface area contributed by atoms with Crippen molar-refractivity contribution in [3.8, 4) is 0 Å². The number of carbonyl (C=O) groups excluding carboxylic acids is 2. The molecule has 1 N–H and O–H groups in total. The monoisotopic (exact) mass is 1160 g/mol. The highest BCUT2D eigenvalue weighted by Crippen LogP contribution is 2.43.